The molecule has 0 unspecified atom stereocenters. The summed E-state index contributed by atoms with van der Waals surface area (Å²) in [6.45, 7) is 0.705. The summed E-state index contributed by atoms with van der Waals surface area (Å²) in [4.78, 5) is 1.92. The van der Waals surface area contributed by atoms with Crippen LogP contribution in [0.15, 0.2) is 22.7 Å². The monoisotopic (exact) mass is 300 g/mol. The zero-order chi connectivity index (χ0) is 12.5. The van der Waals surface area contributed by atoms with Crippen molar-refractivity contribution < 1.29 is 8.78 Å². The number of anilines is 1. The van der Waals surface area contributed by atoms with Gasteiger partial charge in [-0.25, -0.2) is 8.78 Å². The van der Waals surface area contributed by atoms with Crippen LogP contribution in [0.2, 0.25) is 0 Å². The smallest absolute Gasteiger partial charge is 0.251 e. The van der Waals surface area contributed by atoms with E-state index in [9.17, 15) is 8.78 Å². The lowest BCUT2D eigenvalue weighted by Crippen LogP contribution is -2.39. The molecule has 0 N–H and O–H groups in total. The summed E-state index contributed by atoms with van der Waals surface area (Å²) in [5, 5.41) is 8.80. The first-order valence-electron chi connectivity index (χ1n) is 5.34. The van der Waals surface area contributed by atoms with Gasteiger partial charge in [0.05, 0.1) is 5.56 Å². The number of benzene rings is 1. The summed E-state index contributed by atoms with van der Waals surface area (Å²) >= 11 is 3.30. The van der Waals surface area contributed by atoms with Crippen molar-refractivity contribution >= 4 is 21.6 Å². The Kier molecular flexibility index (Phi) is 3.34. The Morgan fingerprint density at radius 3 is 2.47 bits per heavy atom. The van der Waals surface area contributed by atoms with Crippen LogP contribution < -0.4 is 4.90 Å². The van der Waals surface area contributed by atoms with Crippen molar-refractivity contribution in [3.8, 4) is 6.07 Å². The Bertz CT molecular complexity index is 458. The first-order chi connectivity index (χ1) is 8.02. The zero-order valence-electron chi connectivity index (χ0n) is 9.09. The molecule has 1 aliphatic heterocycles. The van der Waals surface area contributed by atoms with E-state index >= 15 is 0 Å². The van der Waals surface area contributed by atoms with E-state index in [4.69, 9.17) is 5.26 Å². The third-order valence-electron chi connectivity index (χ3n) is 2.93. The van der Waals surface area contributed by atoms with Crippen molar-refractivity contribution in [3.63, 3.8) is 0 Å². The van der Waals surface area contributed by atoms with Gasteiger partial charge in [0, 0.05) is 36.1 Å². The lowest BCUT2D eigenvalue weighted by atomic mass is 10.1. The van der Waals surface area contributed by atoms with Crippen molar-refractivity contribution in [1.82, 2.24) is 0 Å². The fourth-order valence-electron chi connectivity index (χ4n) is 1.88. The minimum atomic E-state index is -2.53. The standard InChI is InChI=1S/C12H11BrF2N2/c13-11-7-10(2-1-9(11)8-16)17-5-3-12(14,15)4-6-17/h1-2,7H,3-6H2. The third-order valence-corrected chi connectivity index (χ3v) is 3.59. The fraction of sp³-hybridized carbons (Fsp3) is 0.417. The largest absolute Gasteiger partial charge is 0.371 e. The van der Waals surface area contributed by atoms with Crippen LogP contribution in [0.1, 0.15) is 18.4 Å². The molecule has 1 fully saturated rings. The minimum Gasteiger partial charge on any atom is -0.371 e. The van der Waals surface area contributed by atoms with Gasteiger partial charge < -0.3 is 4.90 Å². The summed E-state index contributed by atoms with van der Waals surface area (Å²) in [5.74, 6) is -2.53. The van der Waals surface area contributed by atoms with E-state index in [0.29, 0.717) is 23.1 Å². The second kappa shape index (κ2) is 4.61. The van der Waals surface area contributed by atoms with Crippen LogP contribution in [0.3, 0.4) is 0 Å². The van der Waals surface area contributed by atoms with Crippen molar-refractivity contribution in [2.24, 2.45) is 0 Å². The lowest BCUT2D eigenvalue weighted by Gasteiger charge is -2.33. The predicted molar refractivity (Wildman–Crippen MR) is 65.3 cm³/mol. The number of alkyl halides is 2. The van der Waals surface area contributed by atoms with Crippen LogP contribution in [-0.4, -0.2) is 19.0 Å². The third kappa shape index (κ3) is 2.75. The molecular formula is C12H11BrF2N2. The molecule has 1 aromatic rings. The van der Waals surface area contributed by atoms with Crippen LogP contribution in [0, 0.1) is 11.3 Å². The number of hydrogen-bond donors (Lipinski definition) is 0. The topological polar surface area (TPSA) is 27.0 Å². The molecule has 0 bridgehead atoms. The molecule has 0 aromatic heterocycles. The summed E-state index contributed by atoms with van der Waals surface area (Å²) < 4.78 is 26.7. The molecular weight excluding hydrogens is 290 g/mol. The molecule has 17 heavy (non-hydrogen) atoms. The molecule has 2 nitrogen and oxygen atoms in total. The van der Waals surface area contributed by atoms with Gasteiger partial charge in [0.25, 0.3) is 5.92 Å². The normalized spacial score (nSPS) is 18.8. The second-order valence-corrected chi connectivity index (χ2v) is 4.97. The van der Waals surface area contributed by atoms with E-state index < -0.39 is 5.92 Å². The maximum Gasteiger partial charge on any atom is 0.251 e. The quantitative estimate of drug-likeness (QED) is 0.793. The Hall–Kier alpha value is -1.15. The highest BCUT2D eigenvalue weighted by molar-refractivity contribution is 9.10. The Morgan fingerprint density at radius 2 is 1.94 bits per heavy atom. The van der Waals surface area contributed by atoms with Gasteiger partial charge in [0.2, 0.25) is 0 Å². The molecule has 0 radical (unpaired) electrons. The van der Waals surface area contributed by atoms with Crippen molar-refractivity contribution in [2.45, 2.75) is 18.8 Å². The van der Waals surface area contributed by atoms with Gasteiger partial charge in [-0.1, -0.05) is 0 Å². The molecule has 0 atom stereocenters. The molecule has 0 spiro atoms. The fourth-order valence-corrected chi connectivity index (χ4v) is 2.34. The highest BCUT2D eigenvalue weighted by Gasteiger charge is 2.34. The zero-order valence-corrected chi connectivity index (χ0v) is 10.7. The Labute approximate surface area is 107 Å². The minimum absolute atomic E-state index is 0.107. The SMILES string of the molecule is N#Cc1ccc(N2CCC(F)(F)CC2)cc1Br. The Balaban J connectivity index is 2.14. The van der Waals surface area contributed by atoms with Crippen LogP contribution in [0.25, 0.3) is 0 Å². The molecule has 5 heteroatoms. The molecule has 1 saturated heterocycles. The first kappa shape index (κ1) is 12.3. The molecule has 0 aliphatic carbocycles. The van der Waals surface area contributed by atoms with E-state index in [1.54, 1.807) is 12.1 Å². The van der Waals surface area contributed by atoms with Crippen molar-refractivity contribution in [3.05, 3.63) is 28.2 Å². The van der Waals surface area contributed by atoms with Crippen LogP contribution >= 0.6 is 15.9 Å². The van der Waals surface area contributed by atoms with E-state index in [-0.39, 0.29) is 12.8 Å². The van der Waals surface area contributed by atoms with Crippen LogP contribution in [0.4, 0.5) is 14.5 Å². The van der Waals surface area contributed by atoms with E-state index in [1.165, 1.54) is 0 Å². The summed E-state index contributed by atoms with van der Waals surface area (Å²) in [7, 11) is 0. The molecule has 90 valence electrons. The maximum absolute atomic E-state index is 13.0. The second-order valence-electron chi connectivity index (χ2n) is 4.12. The van der Waals surface area contributed by atoms with Crippen LogP contribution in [-0.2, 0) is 0 Å². The van der Waals surface area contributed by atoms with Crippen LogP contribution in [0.5, 0.6) is 0 Å². The van der Waals surface area contributed by atoms with Gasteiger partial charge >= 0.3 is 0 Å². The first-order valence-corrected chi connectivity index (χ1v) is 6.13. The van der Waals surface area contributed by atoms with Crippen molar-refractivity contribution in [2.75, 3.05) is 18.0 Å². The molecule has 0 amide bonds. The summed E-state index contributed by atoms with van der Waals surface area (Å²) in [5.41, 5.74) is 1.43. The van der Waals surface area contributed by atoms with Gasteiger partial charge in [-0.2, -0.15) is 5.26 Å². The van der Waals surface area contributed by atoms with Gasteiger partial charge in [-0.05, 0) is 34.1 Å². The number of hydrogen-bond acceptors (Lipinski definition) is 2. The van der Waals surface area contributed by atoms with E-state index in [0.717, 1.165) is 5.69 Å². The highest BCUT2D eigenvalue weighted by Crippen LogP contribution is 2.31. The summed E-state index contributed by atoms with van der Waals surface area (Å²) in [6, 6.07) is 7.36. The summed E-state index contributed by atoms with van der Waals surface area (Å²) in [6.07, 6.45) is -0.213. The van der Waals surface area contributed by atoms with Gasteiger partial charge in [0.1, 0.15) is 6.07 Å². The number of halogens is 3. The van der Waals surface area contributed by atoms with E-state index in [2.05, 4.69) is 22.0 Å². The average Bonchev–Trinajstić information content (AvgIpc) is 2.29. The van der Waals surface area contributed by atoms with Gasteiger partial charge in [0.15, 0.2) is 0 Å². The molecule has 1 aromatic carbocycles. The maximum atomic E-state index is 13.0. The average molecular weight is 301 g/mol. The highest BCUT2D eigenvalue weighted by atomic mass is 79.9. The molecule has 0 saturated carbocycles. The molecule has 1 heterocycles. The number of rotatable bonds is 1. The van der Waals surface area contributed by atoms with Gasteiger partial charge in [-0.15, -0.1) is 0 Å². The lowest BCUT2D eigenvalue weighted by molar-refractivity contribution is -0.0220. The number of nitriles is 1. The van der Waals surface area contributed by atoms with Gasteiger partial charge in [-0.3, -0.25) is 0 Å². The molecule has 2 rings (SSSR count). The number of nitrogens with zero attached hydrogens (tertiary/aromatic N) is 2. The van der Waals surface area contributed by atoms with E-state index in [1.807, 2.05) is 11.0 Å². The predicted octanol–water partition coefficient (Wildman–Crippen LogP) is 3.56. The van der Waals surface area contributed by atoms with Crippen molar-refractivity contribution in [1.29, 1.82) is 5.26 Å². The molecule has 1 aliphatic rings. The number of piperidine rings is 1. The Morgan fingerprint density at radius 1 is 1.29 bits per heavy atom.